The molecule has 73 heavy (non-hydrogen) atoms. The molecule has 0 saturated heterocycles. The molecule has 2 nitrogen and oxygen atoms in total. The van der Waals surface area contributed by atoms with E-state index in [4.69, 9.17) is 0 Å². The highest BCUT2D eigenvalue weighted by Gasteiger charge is 2.51. The highest BCUT2D eigenvalue weighted by molar-refractivity contribution is 6.19. The quantitative estimate of drug-likeness (QED) is 0.155. The summed E-state index contributed by atoms with van der Waals surface area (Å²) in [5, 5.41) is 4.99. The third-order valence-electron chi connectivity index (χ3n) is 15.8. The number of hydrogen-bond acceptors (Lipinski definition) is 1. The fraction of sp³-hybridized carbons (Fsp3) is 0.0141. The molecule has 2 heteroatoms. The maximum absolute atomic E-state index is 2.46. The molecular weight excluding hydrogens is 881 g/mol. The minimum Gasteiger partial charge on any atom is -0.310 e. The number of fused-ring (bicyclic) bond motifs is 15. The molecule has 0 fully saturated rings. The summed E-state index contributed by atoms with van der Waals surface area (Å²) in [4.78, 5) is 2.46. The van der Waals surface area contributed by atoms with Crippen LogP contribution >= 0.6 is 0 Å². The molecule has 13 aromatic rings. The van der Waals surface area contributed by atoms with Crippen molar-refractivity contribution >= 4 is 49.6 Å². The standard InChI is InChI=1S/C71H46N2/c1-4-18-48(19-5-1)56-42-38-54(45-63(56)49-20-6-2-7-21-49)72(55-39-43-68-64(46-55)60-28-14-17-31-67(60)71(68)65-29-15-12-26-58(65)59-27-13-16-30-66(59)71)53-36-32-47(33-37-53)51-35-40-61-62-41-34-50-22-10-11-25-57(50)70(62)73(69(61)44-51)52-23-8-3-9-24-52/h1-46H. The average Bonchev–Trinajstić information content (AvgIpc) is 4.08. The summed E-state index contributed by atoms with van der Waals surface area (Å²) in [5.41, 5.74) is 24.1. The summed E-state index contributed by atoms with van der Waals surface area (Å²) in [6.07, 6.45) is 0. The predicted octanol–water partition coefficient (Wildman–Crippen LogP) is 18.8. The lowest BCUT2D eigenvalue weighted by Crippen LogP contribution is -2.25. The Kier molecular flexibility index (Phi) is 9.21. The molecule has 2 aliphatic rings. The molecule has 0 radical (unpaired) electrons. The van der Waals surface area contributed by atoms with Crippen molar-refractivity contribution in [3.63, 3.8) is 0 Å². The van der Waals surface area contributed by atoms with Crippen LogP contribution in [0.5, 0.6) is 0 Å². The van der Waals surface area contributed by atoms with Crippen molar-refractivity contribution in [1.82, 2.24) is 4.57 Å². The van der Waals surface area contributed by atoms with E-state index in [1.165, 1.54) is 105 Å². The Labute approximate surface area is 425 Å². The van der Waals surface area contributed by atoms with E-state index in [-0.39, 0.29) is 0 Å². The molecule has 0 saturated carbocycles. The lowest BCUT2D eigenvalue weighted by Gasteiger charge is -2.31. The van der Waals surface area contributed by atoms with Crippen LogP contribution in [0, 0.1) is 0 Å². The van der Waals surface area contributed by atoms with Gasteiger partial charge in [0.1, 0.15) is 0 Å². The molecule has 0 bridgehead atoms. The number of para-hydroxylation sites is 1. The van der Waals surface area contributed by atoms with Crippen LogP contribution in [0.3, 0.4) is 0 Å². The van der Waals surface area contributed by atoms with Crippen LogP contribution in [-0.2, 0) is 5.41 Å². The molecule has 340 valence electrons. The number of aromatic nitrogens is 1. The fourth-order valence-electron chi connectivity index (χ4n) is 12.7. The van der Waals surface area contributed by atoms with E-state index >= 15 is 0 Å². The van der Waals surface area contributed by atoms with E-state index in [2.05, 4.69) is 289 Å². The molecule has 1 aromatic heterocycles. The topological polar surface area (TPSA) is 8.17 Å². The molecule has 0 atom stereocenters. The highest BCUT2D eigenvalue weighted by atomic mass is 15.1. The Bertz CT molecular complexity index is 4260. The number of rotatable bonds is 7. The molecule has 1 heterocycles. The van der Waals surface area contributed by atoms with Gasteiger partial charge in [0.2, 0.25) is 0 Å². The van der Waals surface area contributed by atoms with Crippen molar-refractivity contribution in [2.75, 3.05) is 4.90 Å². The van der Waals surface area contributed by atoms with Gasteiger partial charge in [0, 0.05) is 38.9 Å². The monoisotopic (exact) mass is 926 g/mol. The van der Waals surface area contributed by atoms with Crippen molar-refractivity contribution in [2.24, 2.45) is 0 Å². The van der Waals surface area contributed by atoms with Crippen LogP contribution in [0.4, 0.5) is 17.1 Å². The molecule has 15 rings (SSSR count). The molecule has 0 unspecified atom stereocenters. The van der Waals surface area contributed by atoms with Gasteiger partial charge >= 0.3 is 0 Å². The summed E-state index contributed by atoms with van der Waals surface area (Å²) in [6.45, 7) is 0. The van der Waals surface area contributed by atoms with Gasteiger partial charge in [-0.05, 0) is 138 Å². The first-order valence-corrected chi connectivity index (χ1v) is 25.3. The summed E-state index contributed by atoms with van der Waals surface area (Å²) < 4.78 is 2.45. The SMILES string of the molecule is c1ccc(-c2ccc(N(c3ccc(-c4ccc5c6ccc7ccccc7c6n(-c6ccccc6)c5c4)cc3)c3ccc4c(c3)-c3ccccc3C43c4ccccc4-c4ccccc43)cc2-c2ccccc2)cc1. The summed E-state index contributed by atoms with van der Waals surface area (Å²) in [7, 11) is 0. The zero-order valence-corrected chi connectivity index (χ0v) is 40.0. The molecule has 1 spiro atoms. The Morgan fingerprint density at radius 3 is 1.44 bits per heavy atom. The van der Waals surface area contributed by atoms with Crippen LogP contribution in [-0.4, -0.2) is 4.57 Å². The number of hydrogen-bond donors (Lipinski definition) is 0. The van der Waals surface area contributed by atoms with Gasteiger partial charge in [0.25, 0.3) is 0 Å². The van der Waals surface area contributed by atoms with Crippen molar-refractivity contribution in [3.05, 3.63) is 301 Å². The maximum Gasteiger partial charge on any atom is 0.0725 e. The molecule has 0 N–H and O–H groups in total. The second kappa shape index (κ2) is 16.3. The second-order valence-electron chi connectivity index (χ2n) is 19.5. The van der Waals surface area contributed by atoms with Crippen LogP contribution in [0.25, 0.3) is 93.9 Å². The lowest BCUT2D eigenvalue weighted by molar-refractivity contribution is 0.794. The van der Waals surface area contributed by atoms with Crippen LogP contribution < -0.4 is 4.90 Å². The van der Waals surface area contributed by atoms with Gasteiger partial charge in [-0.25, -0.2) is 0 Å². The van der Waals surface area contributed by atoms with Crippen LogP contribution in [0.1, 0.15) is 22.3 Å². The third kappa shape index (κ3) is 6.17. The minimum atomic E-state index is -0.414. The Balaban J connectivity index is 0.920. The van der Waals surface area contributed by atoms with Gasteiger partial charge < -0.3 is 9.47 Å². The zero-order chi connectivity index (χ0) is 48.0. The lowest BCUT2D eigenvalue weighted by atomic mass is 9.70. The van der Waals surface area contributed by atoms with Gasteiger partial charge in [-0.3, -0.25) is 0 Å². The average molecular weight is 927 g/mol. The number of nitrogens with zero attached hydrogens (tertiary/aromatic N) is 2. The molecule has 12 aromatic carbocycles. The molecule has 0 aliphatic heterocycles. The van der Waals surface area contributed by atoms with Gasteiger partial charge in [-0.1, -0.05) is 224 Å². The summed E-state index contributed by atoms with van der Waals surface area (Å²) in [6, 6.07) is 103. The first-order chi connectivity index (χ1) is 36.2. The smallest absolute Gasteiger partial charge is 0.0725 e. The summed E-state index contributed by atoms with van der Waals surface area (Å²) >= 11 is 0. The Morgan fingerprint density at radius 2 is 0.767 bits per heavy atom. The third-order valence-corrected chi connectivity index (χ3v) is 15.8. The van der Waals surface area contributed by atoms with E-state index in [0.29, 0.717) is 0 Å². The minimum absolute atomic E-state index is 0.414. The van der Waals surface area contributed by atoms with Crippen molar-refractivity contribution in [2.45, 2.75) is 5.41 Å². The van der Waals surface area contributed by atoms with E-state index in [0.717, 1.165) is 28.3 Å². The van der Waals surface area contributed by atoms with Crippen LogP contribution in [0.2, 0.25) is 0 Å². The maximum atomic E-state index is 2.46. The van der Waals surface area contributed by atoms with Gasteiger partial charge in [-0.15, -0.1) is 0 Å². The van der Waals surface area contributed by atoms with E-state index in [1.54, 1.807) is 0 Å². The fourth-order valence-corrected chi connectivity index (χ4v) is 12.7. The van der Waals surface area contributed by atoms with Gasteiger partial charge in [0.05, 0.1) is 16.4 Å². The second-order valence-corrected chi connectivity index (χ2v) is 19.5. The highest BCUT2D eigenvalue weighted by Crippen LogP contribution is 2.63. The van der Waals surface area contributed by atoms with Crippen molar-refractivity contribution in [3.8, 4) is 61.3 Å². The van der Waals surface area contributed by atoms with Crippen molar-refractivity contribution in [1.29, 1.82) is 0 Å². The first-order valence-electron chi connectivity index (χ1n) is 25.3. The predicted molar refractivity (Wildman–Crippen MR) is 306 cm³/mol. The van der Waals surface area contributed by atoms with E-state index < -0.39 is 5.41 Å². The van der Waals surface area contributed by atoms with Crippen LogP contribution in [0.15, 0.2) is 279 Å². The van der Waals surface area contributed by atoms with Gasteiger partial charge in [-0.2, -0.15) is 0 Å². The molecular formula is C71H46N2. The molecule has 2 aliphatic carbocycles. The van der Waals surface area contributed by atoms with Gasteiger partial charge in [0.15, 0.2) is 0 Å². The Morgan fingerprint density at radius 1 is 0.274 bits per heavy atom. The first kappa shape index (κ1) is 41.3. The van der Waals surface area contributed by atoms with E-state index in [9.17, 15) is 0 Å². The van der Waals surface area contributed by atoms with E-state index in [1.807, 2.05) is 0 Å². The van der Waals surface area contributed by atoms with Crippen molar-refractivity contribution < 1.29 is 0 Å². The number of benzene rings is 12. The largest absolute Gasteiger partial charge is 0.310 e. The summed E-state index contributed by atoms with van der Waals surface area (Å²) in [5.74, 6) is 0. The Hall–Kier alpha value is -9.50. The number of anilines is 3. The zero-order valence-electron chi connectivity index (χ0n) is 40.0. The normalized spacial score (nSPS) is 12.8. The molecule has 0 amide bonds.